The van der Waals surface area contributed by atoms with Crippen LogP contribution in [0.15, 0.2) is 65.6 Å². The maximum Gasteiger partial charge on any atom is 0.408 e. The molecule has 0 bridgehead atoms. The lowest BCUT2D eigenvalue weighted by Crippen LogP contribution is -2.49. The summed E-state index contributed by atoms with van der Waals surface area (Å²) in [4.78, 5) is 40.0. The summed E-state index contributed by atoms with van der Waals surface area (Å²) in [6, 6.07) is 17.7. The predicted octanol–water partition coefficient (Wildman–Crippen LogP) is 8.84. The lowest BCUT2D eigenvalue weighted by atomic mass is 9.77. The van der Waals surface area contributed by atoms with Crippen LogP contribution in [0.4, 0.5) is 10.5 Å². The van der Waals surface area contributed by atoms with E-state index in [1.807, 2.05) is 68.9 Å². The molecule has 2 aromatic carbocycles. The average Bonchev–Trinajstić information content (AvgIpc) is 3.36. The van der Waals surface area contributed by atoms with Crippen LogP contribution in [-0.4, -0.2) is 52.7 Å². The molecule has 1 aliphatic carbocycles. The molecule has 0 fully saturated rings. The number of fused-ring (bicyclic) bond motifs is 1. The van der Waals surface area contributed by atoms with Gasteiger partial charge in [0.15, 0.2) is 0 Å². The molecule has 2 N–H and O–H groups in total. The molecule has 0 aliphatic heterocycles. The first-order valence-corrected chi connectivity index (χ1v) is 22.5. The van der Waals surface area contributed by atoms with E-state index < -0.39 is 25.8 Å². The molecule has 4 aromatic rings. The molecule has 2 aromatic heterocycles. The molecule has 2 amide bonds. The molecular weight excluding hydrogens is 683 g/mol. The van der Waals surface area contributed by atoms with Crippen molar-refractivity contribution in [3.63, 3.8) is 0 Å². The Morgan fingerprint density at radius 1 is 0.981 bits per heavy atom. The number of nitrogens with one attached hydrogen (secondary N) is 2. The summed E-state index contributed by atoms with van der Waals surface area (Å²) >= 11 is 0. The van der Waals surface area contributed by atoms with Crippen LogP contribution < -0.4 is 16.2 Å². The van der Waals surface area contributed by atoms with Crippen LogP contribution in [0.1, 0.15) is 81.9 Å². The summed E-state index contributed by atoms with van der Waals surface area (Å²) in [5, 5.41) is 10.8. The van der Waals surface area contributed by atoms with Gasteiger partial charge in [0.25, 0.3) is 5.56 Å². The summed E-state index contributed by atoms with van der Waals surface area (Å²) in [5.41, 5.74) is 7.81. The van der Waals surface area contributed by atoms with Crippen molar-refractivity contribution in [3.05, 3.63) is 93.7 Å². The number of amides is 2. The number of pyridine rings is 1. The van der Waals surface area contributed by atoms with Crippen molar-refractivity contribution in [2.24, 2.45) is 0 Å². The second-order valence-electron chi connectivity index (χ2n) is 16.8. The maximum absolute atomic E-state index is 14.2. The van der Waals surface area contributed by atoms with Crippen molar-refractivity contribution >= 4 is 25.8 Å². The molecule has 0 radical (unpaired) electrons. The van der Waals surface area contributed by atoms with Crippen LogP contribution in [0.25, 0.3) is 22.3 Å². The molecule has 2 heterocycles. The first-order valence-electron chi connectivity index (χ1n) is 18.8. The van der Waals surface area contributed by atoms with E-state index in [1.54, 1.807) is 31.4 Å². The van der Waals surface area contributed by atoms with Gasteiger partial charge in [-0.05, 0) is 120 Å². The minimum Gasteiger partial charge on any atom is -0.444 e. The monoisotopic (exact) mass is 739 g/mol. The number of anilines is 1. The van der Waals surface area contributed by atoms with Gasteiger partial charge >= 0.3 is 6.09 Å². The van der Waals surface area contributed by atoms with E-state index >= 15 is 0 Å². The second kappa shape index (κ2) is 16.3. The van der Waals surface area contributed by atoms with Gasteiger partial charge in [-0.2, -0.15) is 5.10 Å². The van der Waals surface area contributed by atoms with Crippen molar-refractivity contribution < 1.29 is 19.1 Å². The highest BCUT2D eigenvalue weighted by atomic mass is 28.3. The zero-order valence-electron chi connectivity index (χ0n) is 33.1. The van der Waals surface area contributed by atoms with Crippen LogP contribution in [-0.2, 0) is 27.4 Å². The molecule has 284 valence electrons. The topological polar surface area (TPSA) is 116 Å². The molecule has 0 unspecified atom stereocenters. The lowest BCUT2D eigenvalue weighted by molar-refractivity contribution is -0.118. The number of aryl methyl sites for hydroxylation is 2. The smallest absolute Gasteiger partial charge is 0.408 e. The largest absolute Gasteiger partial charge is 0.444 e. The summed E-state index contributed by atoms with van der Waals surface area (Å²) in [6.07, 6.45) is 3.70. The van der Waals surface area contributed by atoms with Gasteiger partial charge in [-0.15, -0.1) is 0 Å². The normalized spacial score (nSPS) is 15.2. The van der Waals surface area contributed by atoms with E-state index in [2.05, 4.69) is 48.5 Å². The molecule has 0 saturated carbocycles. The number of benzene rings is 2. The van der Waals surface area contributed by atoms with Crippen LogP contribution in [0, 0.1) is 13.8 Å². The third kappa shape index (κ3) is 10.1. The first kappa shape index (κ1) is 39.7. The number of alkyl carbamates (subject to hydrolysis) is 1. The quantitative estimate of drug-likeness (QED) is 0.111. The first-order chi connectivity index (χ1) is 24.9. The van der Waals surface area contributed by atoms with E-state index in [0.717, 1.165) is 70.3 Å². The van der Waals surface area contributed by atoms with Gasteiger partial charge in [0, 0.05) is 55.8 Å². The minimum absolute atomic E-state index is 0.0165. The van der Waals surface area contributed by atoms with Gasteiger partial charge in [-0.3, -0.25) is 9.59 Å². The van der Waals surface area contributed by atoms with Gasteiger partial charge in [0.1, 0.15) is 18.4 Å². The van der Waals surface area contributed by atoms with Crippen LogP contribution in [0.5, 0.6) is 0 Å². The Bertz CT molecular complexity index is 1980. The van der Waals surface area contributed by atoms with Crippen molar-refractivity contribution in [2.45, 2.75) is 124 Å². The number of rotatable bonds is 12. The number of carbonyl (C=O) groups is 2. The van der Waals surface area contributed by atoms with Gasteiger partial charge in [-0.25, -0.2) is 9.48 Å². The van der Waals surface area contributed by atoms with Crippen LogP contribution in [0.3, 0.4) is 0 Å². The fourth-order valence-corrected chi connectivity index (χ4v) is 7.69. The standard InChI is InChI=1S/C42H57N5O5Si/c1-27(2)46-25-33(18-21-37(46)48)32-15-14-30-12-11-13-35(36(30)24-32)39(44-41(50)52-42(5,6)7)40(49)43-34-19-16-31(17-20-34)38-28(3)45-47(29(38)4)26-51-22-23-53(8,9)10/h14-21,24-25,27,35,39H,11-13,22-23,26H2,1-10H3,(H,43,49)(H,44,50)/t35-,39+/m1/s1. The van der Waals surface area contributed by atoms with Crippen LogP contribution in [0.2, 0.25) is 25.7 Å². The molecule has 1 aliphatic rings. The number of hydrogen-bond acceptors (Lipinski definition) is 6. The summed E-state index contributed by atoms with van der Waals surface area (Å²) in [6.45, 7) is 21.6. The second-order valence-corrected chi connectivity index (χ2v) is 22.4. The van der Waals surface area contributed by atoms with Crippen molar-refractivity contribution in [1.29, 1.82) is 0 Å². The molecule has 10 nitrogen and oxygen atoms in total. The fourth-order valence-electron chi connectivity index (χ4n) is 6.93. The Morgan fingerprint density at radius 2 is 1.66 bits per heavy atom. The highest BCUT2D eigenvalue weighted by molar-refractivity contribution is 6.76. The summed E-state index contributed by atoms with van der Waals surface area (Å²) in [7, 11) is -1.18. The van der Waals surface area contributed by atoms with E-state index in [1.165, 1.54) is 0 Å². The SMILES string of the molecule is Cc1nn(COCC[Si](C)(C)C)c(C)c1-c1ccc(NC(=O)[C@@H](NC(=O)OC(C)(C)C)[C@@H]2CCCc3ccc(-c4ccc(=O)n(C(C)C)c4)cc32)cc1. The van der Waals surface area contributed by atoms with Gasteiger partial charge in [0.2, 0.25) is 5.91 Å². The van der Waals surface area contributed by atoms with E-state index in [-0.39, 0.29) is 23.4 Å². The Morgan fingerprint density at radius 3 is 2.32 bits per heavy atom. The Balaban J connectivity index is 1.40. The zero-order chi connectivity index (χ0) is 38.7. The van der Waals surface area contributed by atoms with E-state index in [4.69, 9.17) is 14.6 Å². The highest BCUT2D eigenvalue weighted by Crippen LogP contribution is 2.38. The summed E-state index contributed by atoms with van der Waals surface area (Å²) in [5.74, 6) is -0.624. The van der Waals surface area contributed by atoms with E-state index in [9.17, 15) is 14.4 Å². The highest BCUT2D eigenvalue weighted by Gasteiger charge is 2.35. The molecule has 0 saturated heterocycles. The molecule has 0 spiro atoms. The van der Waals surface area contributed by atoms with Crippen LogP contribution >= 0.6 is 0 Å². The molecule has 53 heavy (non-hydrogen) atoms. The third-order valence-corrected chi connectivity index (χ3v) is 11.4. The summed E-state index contributed by atoms with van der Waals surface area (Å²) < 4.78 is 15.2. The number of hydrogen-bond donors (Lipinski definition) is 2. The van der Waals surface area contributed by atoms with Crippen molar-refractivity contribution in [1.82, 2.24) is 19.7 Å². The fraction of sp³-hybridized carbons (Fsp3) is 0.476. The van der Waals surface area contributed by atoms with Crippen molar-refractivity contribution in [2.75, 3.05) is 11.9 Å². The van der Waals surface area contributed by atoms with Gasteiger partial charge in [0.05, 0.1) is 5.69 Å². The molecule has 5 rings (SSSR count). The Hall–Kier alpha value is -4.48. The molecular formula is C42H57N5O5Si. The van der Waals surface area contributed by atoms with Gasteiger partial charge in [-0.1, -0.05) is 50.0 Å². The van der Waals surface area contributed by atoms with Crippen molar-refractivity contribution in [3.8, 4) is 22.3 Å². The predicted molar refractivity (Wildman–Crippen MR) is 215 cm³/mol. The van der Waals surface area contributed by atoms with E-state index in [0.29, 0.717) is 18.8 Å². The Kier molecular flexibility index (Phi) is 12.2. The number of nitrogens with zero attached hydrogens (tertiary/aromatic N) is 3. The number of ether oxygens (including phenoxy) is 2. The lowest BCUT2D eigenvalue weighted by Gasteiger charge is -2.33. The third-order valence-electron chi connectivity index (χ3n) is 9.72. The maximum atomic E-state index is 14.2. The molecule has 11 heteroatoms. The van der Waals surface area contributed by atoms with Gasteiger partial charge < -0.3 is 24.7 Å². The number of aromatic nitrogens is 3. The zero-order valence-corrected chi connectivity index (χ0v) is 34.1. The number of carbonyl (C=O) groups excluding carboxylic acids is 2. The average molecular weight is 740 g/mol. The minimum atomic E-state index is -1.18. The Labute approximate surface area is 315 Å². The molecule has 2 atom stereocenters.